The van der Waals surface area contributed by atoms with Gasteiger partial charge in [0.15, 0.2) is 0 Å². The Morgan fingerprint density at radius 2 is 1.21 bits per heavy atom. The van der Waals surface area contributed by atoms with E-state index >= 15 is 0 Å². The number of nitrogen functional groups attached to an aromatic ring is 6. The topological polar surface area (TPSA) is 156 Å². The van der Waals surface area contributed by atoms with Gasteiger partial charge in [-0.25, -0.2) is 0 Å². The number of anilines is 6. The van der Waals surface area contributed by atoms with Gasteiger partial charge in [0, 0.05) is 61.6 Å². The van der Waals surface area contributed by atoms with E-state index in [-0.39, 0.29) is 0 Å². The minimum Gasteiger partial charge on any atom is -0.399 e. The van der Waals surface area contributed by atoms with Gasteiger partial charge >= 0.3 is 0 Å². The summed E-state index contributed by atoms with van der Waals surface area (Å²) in [5, 5.41) is 1.77. The Labute approximate surface area is 162 Å². The van der Waals surface area contributed by atoms with Crippen molar-refractivity contribution in [2.45, 2.75) is 0 Å². The lowest BCUT2D eigenvalue weighted by molar-refractivity contribution is 1.58. The summed E-state index contributed by atoms with van der Waals surface area (Å²) in [6, 6.07) is 18.5. The van der Waals surface area contributed by atoms with Gasteiger partial charge in [0.25, 0.3) is 0 Å². The van der Waals surface area contributed by atoms with Crippen LogP contribution in [0, 0.1) is 0 Å². The monoisotopic (exact) mass is 370 g/mol. The second-order valence-corrected chi connectivity index (χ2v) is 6.88. The number of rotatable bonds is 2. The summed E-state index contributed by atoms with van der Waals surface area (Å²) in [4.78, 5) is 0. The maximum Gasteiger partial charge on any atom is 0.0475 e. The molecule has 0 saturated heterocycles. The molecule has 0 unspecified atom stereocenters. The summed E-state index contributed by atoms with van der Waals surface area (Å²) in [6.07, 6.45) is 0. The van der Waals surface area contributed by atoms with E-state index in [0.717, 1.165) is 33.0 Å². The van der Waals surface area contributed by atoms with Crippen molar-refractivity contribution in [2.75, 3.05) is 34.4 Å². The SMILES string of the molecule is Nc1ccc(-c2cc(N)cc(-c3cc(N)c4cccc(N)c4c3)c2N)c(N)c1. The van der Waals surface area contributed by atoms with Crippen molar-refractivity contribution in [1.29, 1.82) is 0 Å². The average molecular weight is 370 g/mol. The van der Waals surface area contributed by atoms with Crippen molar-refractivity contribution in [3.63, 3.8) is 0 Å². The summed E-state index contributed by atoms with van der Waals surface area (Å²) >= 11 is 0. The highest BCUT2D eigenvalue weighted by molar-refractivity contribution is 6.05. The Hall–Kier alpha value is -4.06. The normalized spacial score (nSPS) is 11.0. The Kier molecular flexibility index (Phi) is 3.89. The first-order chi connectivity index (χ1) is 13.3. The fraction of sp³-hybridized carbons (Fsp3) is 0. The van der Waals surface area contributed by atoms with Crippen LogP contribution in [-0.2, 0) is 0 Å². The van der Waals surface area contributed by atoms with Crippen LogP contribution in [-0.4, -0.2) is 0 Å². The second kappa shape index (κ2) is 6.28. The van der Waals surface area contributed by atoms with Gasteiger partial charge in [-0.3, -0.25) is 0 Å². The molecule has 0 aromatic heterocycles. The summed E-state index contributed by atoms with van der Waals surface area (Å²) in [5.74, 6) is 0. The van der Waals surface area contributed by atoms with Gasteiger partial charge in [0.05, 0.1) is 0 Å². The van der Waals surface area contributed by atoms with Crippen LogP contribution in [0.4, 0.5) is 34.1 Å². The molecule has 0 saturated carbocycles. The fourth-order valence-corrected chi connectivity index (χ4v) is 3.56. The van der Waals surface area contributed by atoms with E-state index in [4.69, 9.17) is 34.4 Å². The standard InChI is InChI=1S/C22H22N6/c23-12-4-5-15(21(27)10-12)18-9-13(24)8-16(22(18)28)11-6-17-14(20(26)7-11)2-1-3-19(17)25/h1-10H,23-28H2. The lowest BCUT2D eigenvalue weighted by atomic mass is 9.92. The molecule has 12 N–H and O–H groups in total. The summed E-state index contributed by atoms with van der Waals surface area (Å²) in [6.45, 7) is 0. The Morgan fingerprint density at radius 1 is 0.464 bits per heavy atom. The predicted molar refractivity (Wildman–Crippen MR) is 121 cm³/mol. The molecule has 6 heteroatoms. The molecule has 4 aromatic rings. The molecule has 0 spiro atoms. The van der Waals surface area contributed by atoms with E-state index in [2.05, 4.69) is 0 Å². The Morgan fingerprint density at radius 3 is 1.96 bits per heavy atom. The van der Waals surface area contributed by atoms with E-state index in [1.54, 1.807) is 18.2 Å². The maximum atomic E-state index is 6.54. The Bertz CT molecular complexity index is 1230. The van der Waals surface area contributed by atoms with E-state index in [9.17, 15) is 0 Å². The van der Waals surface area contributed by atoms with Crippen LogP contribution in [0.15, 0.2) is 60.7 Å². The van der Waals surface area contributed by atoms with Crippen molar-refractivity contribution < 1.29 is 0 Å². The molecule has 0 aliphatic heterocycles. The lowest BCUT2D eigenvalue weighted by Crippen LogP contribution is -2.01. The molecule has 0 radical (unpaired) electrons. The zero-order valence-electron chi connectivity index (χ0n) is 15.2. The Balaban J connectivity index is 1.98. The van der Waals surface area contributed by atoms with Gasteiger partial charge < -0.3 is 34.4 Å². The third-order valence-electron chi connectivity index (χ3n) is 4.94. The summed E-state index contributed by atoms with van der Waals surface area (Å²) in [7, 11) is 0. The summed E-state index contributed by atoms with van der Waals surface area (Å²) < 4.78 is 0. The van der Waals surface area contributed by atoms with E-state index in [0.29, 0.717) is 34.1 Å². The lowest BCUT2D eigenvalue weighted by Gasteiger charge is -2.16. The summed E-state index contributed by atoms with van der Waals surface area (Å²) in [5.41, 5.74) is 43.8. The minimum atomic E-state index is 0.533. The van der Waals surface area contributed by atoms with Crippen LogP contribution in [0.2, 0.25) is 0 Å². The zero-order chi connectivity index (χ0) is 20.0. The number of hydrogen-bond donors (Lipinski definition) is 6. The second-order valence-electron chi connectivity index (χ2n) is 6.88. The van der Waals surface area contributed by atoms with E-state index in [1.165, 1.54) is 0 Å². The molecule has 0 amide bonds. The maximum absolute atomic E-state index is 6.54. The van der Waals surface area contributed by atoms with Gasteiger partial charge in [-0.2, -0.15) is 0 Å². The molecular formula is C22H22N6. The predicted octanol–water partition coefficient (Wildman–Crippen LogP) is 3.67. The molecule has 0 bridgehead atoms. The van der Waals surface area contributed by atoms with Crippen LogP contribution in [0.3, 0.4) is 0 Å². The number of hydrogen-bond acceptors (Lipinski definition) is 6. The average Bonchev–Trinajstić information content (AvgIpc) is 2.64. The molecule has 6 nitrogen and oxygen atoms in total. The minimum absolute atomic E-state index is 0.533. The van der Waals surface area contributed by atoms with Crippen molar-refractivity contribution >= 4 is 44.9 Å². The van der Waals surface area contributed by atoms with Crippen molar-refractivity contribution in [3.8, 4) is 22.3 Å². The van der Waals surface area contributed by atoms with Crippen molar-refractivity contribution in [1.82, 2.24) is 0 Å². The van der Waals surface area contributed by atoms with Crippen LogP contribution in [0.5, 0.6) is 0 Å². The molecule has 0 fully saturated rings. The zero-order valence-corrected chi connectivity index (χ0v) is 15.2. The molecule has 0 aliphatic carbocycles. The molecule has 0 aliphatic rings. The fourth-order valence-electron chi connectivity index (χ4n) is 3.56. The smallest absolute Gasteiger partial charge is 0.0475 e. The molecule has 140 valence electrons. The quantitative estimate of drug-likeness (QED) is 0.296. The highest BCUT2D eigenvalue weighted by Gasteiger charge is 2.15. The molecular weight excluding hydrogens is 348 g/mol. The van der Waals surface area contributed by atoms with Crippen LogP contribution >= 0.6 is 0 Å². The molecule has 4 rings (SSSR count). The van der Waals surface area contributed by atoms with E-state index in [1.807, 2.05) is 42.5 Å². The van der Waals surface area contributed by atoms with Gasteiger partial charge in [-0.05, 0) is 48.0 Å². The van der Waals surface area contributed by atoms with Crippen LogP contribution in [0.25, 0.3) is 33.0 Å². The molecule has 0 atom stereocenters. The molecule has 0 heterocycles. The third-order valence-corrected chi connectivity index (χ3v) is 4.94. The first-order valence-electron chi connectivity index (χ1n) is 8.77. The van der Waals surface area contributed by atoms with Gasteiger partial charge in [0.1, 0.15) is 0 Å². The van der Waals surface area contributed by atoms with Crippen molar-refractivity contribution in [3.05, 3.63) is 60.7 Å². The largest absolute Gasteiger partial charge is 0.399 e. The van der Waals surface area contributed by atoms with Crippen molar-refractivity contribution in [2.24, 2.45) is 0 Å². The first kappa shape index (κ1) is 17.4. The van der Waals surface area contributed by atoms with E-state index < -0.39 is 0 Å². The number of fused-ring (bicyclic) bond motifs is 1. The molecule has 28 heavy (non-hydrogen) atoms. The number of nitrogens with two attached hydrogens (primary N) is 6. The van der Waals surface area contributed by atoms with Gasteiger partial charge in [-0.15, -0.1) is 0 Å². The van der Waals surface area contributed by atoms with Crippen LogP contribution < -0.4 is 34.4 Å². The highest BCUT2D eigenvalue weighted by Crippen LogP contribution is 2.41. The third kappa shape index (κ3) is 2.77. The van der Waals surface area contributed by atoms with Gasteiger partial charge in [0.2, 0.25) is 0 Å². The highest BCUT2D eigenvalue weighted by atomic mass is 14.6. The van der Waals surface area contributed by atoms with Crippen LogP contribution in [0.1, 0.15) is 0 Å². The number of benzene rings is 4. The first-order valence-corrected chi connectivity index (χ1v) is 8.77. The molecule has 4 aromatic carbocycles. The van der Waals surface area contributed by atoms with Gasteiger partial charge in [-0.1, -0.05) is 18.2 Å².